The zero-order valence-corrected chi connectivity index (χ0v) is 16.7. The van der Waals surface area contributed by atoms with E-state index in [0.29, 0.717) is 13.1 Å². The van der Waals surface area contributed by atoms with Crippen LogP contribution in [-0.4, -0.2) is 59.4 Å². The molecule has 1 aliphatic rings. The average Bonchev–Trinajstić information content (AvgIpc) is 2.75. The van der Waals surface area contributed by atoms with Crippen molar-refractivity contribution >= 4 is 11.6 Å². The summed E-state index contributed by atoms with van der Waals surface area (Å²) in [6, 6.07) is 16.1. The molecule has 1 fully saturated rings. The van der Waals surface area contributed by atoms with Gasteiger partial charge in [-0.3, -0.25) is 4.79 Å². The van der Waals surface area contributed by atoms with Crippen LogP contribution in [0.25, 0.3) is 0 Å². The molecule has 0 atom stereocenters. The van der Waals surface area contributed by atoms with Gasteiger partial charge >= 0.3 is 0 Å². The van der Waals surface area contributed by atoms with Gasteiger partial charge in [-0.15, -0.1) is 0 Å². The van der Waals surface area contributed by atoms with Crippen LogP contribution < -0.4 is 24.6 Å². The van der Waals surface area contributed by atoms with Crippen LogP contribution in [0.4, 0.5) is 5.69 Å². The lowest BCUT2D eigenvalue weighted by Crippen LogP contribution is -3.16. The van der Waals surface area contributed by atoms with E-state index in [9.17, 15) is 4.79 Å². The predicted octanol–water partition coefficient (Wildman–Crippen LogP) is 0.768. The Morgan fingerprint density at radius 2 is 1.75 bits per heavy atom. The maximum absolute atomic E-state index is 12.3. The Kier molecular flexibility index (Phi) is 7.14. The number of para-hydroxylation sites is 2. The molecule has 0 aromatic heterocycles. The SMILES string of the molecule is COc1ccc(CCNC(=O)C[NH+]2CCN(c3ccccc3OC)CC2)cc1. The third-order valence-corrected chi connectivity index (χ3v) is 5.20. The monoisotopic (exact) mass is 384 g/mol. The average molecular weight is 385 g/mol. The number of methoxy groups -OCH3 is 2. The number of nitrogens with one attached hydrogen (secondary N) is 2. The highest BCUT2D eigenvalue weighted by Gasteiger charge is 2.23. The van der Waals surface area contributed by atoms with Gasteiger partial charge in [0.15, 0.2) is 6.54 Å². The summed E-state index contributed by atoms with van der Waals surface area (Å²) in [5, 5.41) is 3.04. The van der Waals surface area contributed by atoms with Gasteiger partial charge in [-0.1, -0.05) is 24.3 Å². The zero-order valence-electron chi connectivity index (χ0n) is 16.7. The van der Waals surface area contributed by atoms with Gasteiger partial charge in [0.2, 0.25) is 0 Å². The second-order valence-electron chi connectivity index (χ2n) is 7.03. The molecular weight excluding hydrogens is 354 g/mol. The van der Waals surface area contributed by atoms with Gasteiger partial charge < -0.3 is 24.6 Å². The minimum atomic E-state index is 0.120. The van der Waals surface area contributed by atoms with E-state index in [4.69, 9.17) is 9.47 Å². The topological polar surface area (TPSA) is 55.2 Å². The second kappa shape index (κ2) is 9.99. The highest BCUT2D eigenvalue weighted by Crippen LogP contribution is 2.27. The fourth-order valence-electron chi connectivity index (χ4n) is 3.56. The standard InChI is InChI=1S/C22H29N3O3/c1-27-19-9-7-18(8-10-19)11-12-23-22(26)17-24-13-15-25(16-14-24)20-5-3-4-6-21(20)28-2/h3-10H,11-17H2,1-2H3,(H,23,26)/p+1. The Morgan fingerprint density at radius 3 is 2.43 bits per heavy atom. The van der Waals surface area contributed by atoms with Crippen molar-refractivity contribution in [1.82, 2.24) is 5.32 Å². The summed E-state index contributed by atoms with van der Waals surface area (Å²) < 4.78 is 10.6. The van der Waals surface area contributed by atoms with E-state index in [1.54, 1.807) is 14.2 Å². The number of carbonyl (C=O) groups excluding carboxylic acids is 1. The first kappa shape index (κ1) is 20.0. The normalized spacial score (nSPS) is 14.6. The summed E-state index contributed by atoms with van der Waals surface area (Å²) in [4.78, 5) is 15.9. The number of ether oxygens (including phenoxy) is 2. The first-order valence-corrected chi connectivity index (χ1v) is 9.80. The largest absolute Gasteiger partial charge is 0.497 e. The highest BCUT2D eigenvalue weighted by molar-refractivity contribution is 5.76. The molecule has 0 bridgehead atoms. The van der Waals surface area contributed by atoms with E-state index in [1.807, 2.05) is 42.5 Å². The molecule has 0 aliphatic carbocycles. The quantitative estimate of drug-likeness (QED) is 0.706. The van der Waals surface area contributed by atoms with Crippen LogP contribution in [0.3, 0.4) is 0 Å². The lowest BCUT2D eigenvalue weighted by atomic mass is 10.1. The van der Waals surface area contributed by atoms with E-state index in [-0.39, 0.29) is 5.91 Å². The van der Waals surface area contributed by atoms with Crippen LogP contribution in [0.15, 0.2) is 48.5 Å². The smallest absolute Gasteiger partial charge is 0.275 e. The van der Waals surface area contributed by atoms with E-state index < -0.39 is 0 Å². The number of amides is 1. The molecule has 0 unspecified atom stereocenters. The summed E-state index contributed by atoms with van der Waals surface area (Å²) in [7, 11) is 3.37. The van der Waals surface area contributed by atoms with Crippen molar-refractivity contribution < 1.29 is 19.2 Å². The zero-order chi connectivity index (χ0) is 19.8. The van der Waals surface area contributed by atoms with Crippen LogP contribution in [0.5, 0.6) is 11.5 Å². The van der Waals surface area contributed by atoms with Crippen molar-refractivity contribution in [2.24, 2.45) is 0 Å². The van der Waals surface area contributed by atoms with Gasteiger partial charge in [0.1, 0.15) is 11.5 Å². The number of piperazine rings is 1. The molecule has 6 heteroatoms. The molecule has 2 aromatic rings. The van der Waals surface area contributed by atoms with Gasteiger partial charge in [-0.05, 0) is 36.2 Å². The summed E-state index contributed by atoms with van der Waals surface area (Å²) >= 11 is 0. The molecule has 1 saturated heterocycles. The van der Waals surface area contributed by atoms with Crippen LogP contribution >= 0.6 is 0 Å². The van der Waals surface area contributed by atoms with Crippen LogP contribution in [-0.2, 0) is 11.2 Å². The molecule has 0 spiro atoms. The minimum absolute atomic E-state index is 0.120. The van der Waals surface area contributed by atoms with Crippen molar-refractivity contribution in [3.05, 3.63) is 54.1 Å². The Morgan fingerprint density at radius 1 is 1.04 bits per heavy atom. The van der Waals surface area contributed by atoms with Crippen LogP contribution in [0.2, 0.25) is 0 Å². The lowest BCUT2D eigenvalue weighted by Gasteiger charge is -2.34. The molecule has 150 valence electrons. The number of hydrogen-bond acceptors (Lipinski definition) is 4. The first-order valence-electron chi connectivity index (χ1n) is 9.80. The Bertz CT molecular complexity index is 756. The third-order valence-electron chi connectivity index (χ3n) is 5.20. The molecule has 28 heavy (non-hydrogen) atoms. The minimum Gasteiger partial charge on any atom is -0.497 e. The van der Waals surface area contributed by atoms with Crippen molar-refractivity contribution in [2.45, 2.75) is 6.42 Å². The molecule has 3 rings (SSSR count). The van der Waals surface area contributed by atoms with Crippen molar-refractivity contribution in [1.29, 1.82) is 0 Å². The molecule has 1 heterocycles. The van der Waals surface area contributed by atoms with Gasteiger partial charge in [0.25, 0.3) is 5.91 Å². The Labute approximate surface area is 167 Å². The van der Waals surface area contributed by atoms with Gasteiger partial charge in [-0.2, -0.15) is 0 Å². The molecule has 6 nitrogen and oxygen atoms in total. The first-order chi connectivity index (χ1) is 13.7. The summed E-state index contributed by atoms with van der Waals surface area (Å²) in [6.07, 6.45) is 0.826. The molecular formula is C22H30N3O3+. The maximum Gasteiger partial charge on any atom is 0.275 e. The van der Waals surface area contributed by atoms with E-state index in [2.05, 4.69) is 16.3 Å². The van der Waals surface area contributed by atoms with Crippen LogP contribution in [0, 0.1) is 0 Å². The van der Waals surface area contributed by atoms with E-state index in [1.165, 1.54) is 10.5 Å². The van der Waals surface area contributed by atoms with Crippen molar-refractivity contribution in [2.75, 3.05) is 58.4 Å². The molecule has 2 N–H and O–H groups in total. The van der Waals surface area contributed by atoms with Gasteiger partial charge in [0.05, 0.1) is 46.1 Å². The Balaban J connectivity index is 1.38. The van der Waals surface area contributed by atoms with Crippen molar-refractivity contribution in [3.63, 3.8) is 0 Å². The number of benzene rings is 2. The summed E-state index contributed by atoms with van der Waals surface area (Å²) in [5.41, 5.74) is 2.33. The number of quaternary nitrogens is 1. The van der Waals surface area contributed by atoms with Crippen LogP contribution in [0.1, 0.15) is 5.56 Å². The Hall–Kier alpha value is -2.73. The number of carbonyl (C=O) groups is 1. The molecule has 1 aliphatic heterocycles. The number of nitrogens with zero attached hydrogens (tertiary/aromatic N) is 1. The number of hydrogen-bond donors (Lipinski definition) is 2. The molecule has 1 amide bonds. The predicted molar refractivity (Wildman–Crippen MR) is 110 cm³/mol. The summed E-state index contributed by atoms with van der Waals surface area (Å²) in [6.45, 7) is 4.94. The second-order valence-corrected chi connectivity index (χ2v) is 7.03. The summed E-state index contributed by atoms with van der Waals surface area (Å²) in [5.74, 6) is 1.88. The van der Waals surface area contributed by atoms with Gasteiger partial charge in [-0.25, -0.2) is 0 Å². The lowest BCUT2D eigenvalue weighted by molar-refractivity contribution is -0.892. The molecule has 0 radical (unpaired) electrons. The van der Waals surface area contributed by atoms with Gasteiger partial charge in [0, 0.05) is 6.54 Å². The fraction of sp³-hybridized carbons (Fsp3) is 0.409. The highest BCUT2D eigenvalue weighted by atomic mass is 16.5. The molecule has 0 saturated carbocycles. The van der Waals surface area contributed by atoms with Crippen molar-refractivity contribution in [3.8, 4) is 11.5 Å². The fourth-order valence-corrected chi connectivity index (χ4v) is 3.56. The number of anilines is 1. The van der Waals surface area contributed by atoms with E-state index in [0.717, 1.165) is 49.8 Å². The maximum atomic E-state index is 12.3. The van der Waals surface area contributed by atoms with E-state index >= 15 is 0 Å². The third kappa shape index (κ3) is 5.39. The molecule has 2 aromatic carbocycles. The number of rotatable bonds is 8.